The zero-order valence-corrected chi connectivity index (χ0v) is 13.3. The van der Waals surface area contributed by atoms with E-state index in [0.717, 1.165) is 12.3 Å². The van der Waals surface area contributed by atoms with Crippen molar-refractivity contribution >= 4 is 23.3 Å². The molecule has 2 aliphatic heterocycles. The highest BCUT2D eigenvalue weighted by atomic mass is 19.4. The van der Waals surface area contributed by atoms with E-state index in [1.807, 2.05) is 4.90 Å². The number of alkyl halides is 3. The quantitative estimate of drug-likeness (QED) is 0.835. The van der Waals surface area contributed by atoms with Crippen molar-refractivity contribution < 1.29 is 27.7 Å². The summed E-state index contributed by atoms with van der Waals surface area (Å²) in [6.45, 7) is 1.85. The standard InChI is InChI=1S/C15H16F3N5O2/c16-15(17,18)10-1-3-12(19-9-10)22-5-7-23(8-6-22)14(25)11-2-4-13(24)21-20-11/h1,3,9H,2,4-8H2,(H,21,24)/p+1. The molecule has 0 bridgehead atoms. The molecule has 1 aromatic heterocycles. The lowest BCUT2D eigenvalue weighted by Gasteiger charge is -2.31. The summed E-state index contributed by atoms with van der Waals surface area (Å²) in [6.07, 6.45) is -2.88. The number of H-pyrrole nitrogens is 1. The normalized spacial score (nSPS) is 18.7. The van der Waals surface area contributed by atoms with E-state index in [2.05, 4.69) is 15.5 Å². The Hall–Kier alpha value is -2.65. The van der Waals surface area contributed by atoms with Crippen molar-refractivity contribution in [3.05, 3.63) is 23.9 Å². The fourth-order valence-electron chi connectivity index (χ4n) is 2.75. The third-order valence-corrected chi connectivity index (χ3v) is 4.18. The van der Waals surface area contributed by atoms with Gasteiger partial charge in [0.25, 0.3) is 11.7 Å². The van der Waals surface area contributed by atoms with Crippen LogP contribution in [0.5, 0.6) is 0 Å². The van der Waals surface area contributed by atoms with E-state index in [-0.39, 0.29) is 18.2 Å². The molecule has 0 aliphatic carbocycles. The first-order valence-electron chi connectivity index (χ1n) is 7.83. The lowest BCUT2D eigenvalue weighted by molar-refractivity contribution is -0.367. The van der Waals surface area contributed by atoms with E-state index in [1.165, 1.54) is 6.07 Å². The van der Waals surface area contributed by atoms with Crippen LogP contribution in [0.1, 0.15) is 18.4 Å². The number of aromatic nitrogens is 1. The van der Waals surface area contributed by atoms with E-state index >= 15 is 0 Å². The summed E-state index contributed by atoms with van der Waals surface area (Å²) < 4.78 is 37.8. The van der Waals surface area contributed by atoms with Crippen molar-refractivity contribution in [1.82, 2.24) is 10.3 Å². The molecule has 3 rings (SSSR count). The smallest absolute Gasteiger partial charge is 0.330 e. The monoisotopic (exact) mass is 356 g/mol. The minimum absolute atomic E-state index is 0.209. The van der Waals surface area contributed by atoms with Gasteiger partial charge in [0.1, 0.15) is 25.0 Å². The second-order valence-corrected chi connectivity index (χ2v) is 5.83. The minimum Gasteiger partial charge on any atom is -0.330 e. The maximum atomic E-state index is 12.6. The van der Waals surface area contributed by atoms with Crippen molar-refractivity contribution in [2.45, 2.75) is 19.0 Å². The number of nitrogens with one attached hydrogen (secondary N) is 2. The second-order valence-electron chi connectivity index (χ2n) is 5.83. The van der Waals surface area contributed by atoms with Crippen LogP contribution in [-0.4, -0.2) is 48.6 Å². The summed E-state index contributed by atoms with van der Waals surface area (Å²) in [6, 6.07) is 2.42. The highest BCUT2D eigenvalue weighted by Crippen LogP contribution is 2.28. The Balaban J connectivity index is 1.58. The molecule has 0 radical (unpaired) electrons. The van der Waals surface area contributed by atoms with E-state index in [1.54, 1.807) is 4.90 Å². The number of hydrogen-bond donors (Lipinski definition) is 1. The van der Waals surface area contributed by atoms with Crippen LogP contribution < -0.4 is 15.3 Å². The van der Waals surface area contributed by atoms with Gasteiger partial charge in [0.15, 0.2) is 0 Å². The van der Waals surface area contributed by atoms with Gasteiger partial charge in [-0.1, -0.05) is 0 Å². The minimum atomic E-state index is -4.38. The van der Waals surface area contributed by atoms with Gasteiger partial charge in [-0.25, -0.2) is 10.4 Å². The van der Waals surface area contributed by atoms with Crippen LogP contribution in [0.2, 0.25) is 0 Å². The first kappa shape index (κ1) is 17.2. The van der Waals surface area contributed by atoms with Crippen LogP contribution in [0.3, 0.4) is 0 Å². The molecule has 2 amide bonds. The number of amides is 2. The molecule has 1 fully saturated rings. The molecule has 10 heteroatoms. The molecule has 3 heterocycles. The van der Waals surface area contributed by atoms with E-state index in [9.17, 15) is 22.8 Å². The van der Waals surface area contributed by atoms with Gasteiger partial charge in [0.05, 0.1) is 18.7 Å². The SMILES string of the molecule is O=C1CCC(C(=O)N2CCN(c3ccc(C(F)(F)F)c[nH+]3)CC2)=NN1. The number of hydrazone groups is 1. The average molecular weight is 356 g/mol. The fraction of sp³-hybridized carbons (Fsp3) is 0.467. The highest BCUT2D eigenvalue weighted by Gasteiger charge is 2.33. The number of pyridine rings is 1. The predicted molar refractivity (Wildman–Crippen MR) is 81.6 cm³/mol. The van der Waals surface area contributed by atoms with Crippen LogP contribution >= 0.6 is 0 Å². The van der Waals surface area contributed by atoms with Gasteiger partial charge >= 0.3 is 6.18 Å². The van der Waals surface area contributed by atoms with Crippen LogP contribution in [0, 0.1) is 0 Å². The summed E-state index contributed by atoms with van der Waals surface area (Å²) in [5.74, 6) is 0.151. The maximum absolute atomic E-state index is 12.6. The molecule has 2 N–H and O–H groups in total. The summed E-state index contributed by atoms with van der Waals surface area (Å²) in [5.41, 5.74) is 1.89. The Morgan fingerprint density at radius 3 is 2.40 bits per heavy atom. The Labute approximate surface area is 141 Å². The van der Waals surface area contributed by atoms with E-state index < -0.39 is 11.7 Å². The summed E-state index contributed by atoms with van der Waals surface area (Å²) >= 11 is 0. The number of rotatable bonds is 2. The molecule has 0 spiro atoms. The van der Waals surface area contributed by atoms with Gasteiger partial charge < -0.3 is 4.90 Å². The summed E-state index contributed by atoms with van der Waals surface area (Å²) in [7, 11) is 0. The van der Waals surface area contributed by atoms with E-state index in [0.29, 0.717) is 44.1 Å². The number of carbonyl (C=O) groups excluding carboxylic acids is 2. The molecule has 25 heavy (non-hydrogen) atoms. The molecule has 1 aromatic rings. The molecular formula is C15H17F3N5O2+. The van der Waals surface area contributed by atoms with Gasteiger partial charge in [0.2, 0.25) is 5.91 Å². The van der Waals surface area contributed by atoms with Gasteiger partial charge in [-0.15, -0.1) is 0 Å². The van der Waals surface area contributed by atoms with Gasteiger partial charge in [-0.05, 0) is 6.07 Å². The van der Waals surface area contributed by atoms with Crippen LogP contribution in [0.25, 0.3) is 0 Å². The molecule has 0 unspecified atom stereocenters. The third kappa shape index (κ3) is 3.89. The van der Waals surface area contributed by atoms with Crippen molar-refractivity contribution in [3.8, 4) is 0 Å². The Morgan fingerprint density at radius 2 is 1.88 bits per heavy atom. The van der Waals surface area contributed by atoms with Crippen molar-refractivity contribution in [1.29, 1.82) is 0 Å². The molecule has 1 saturated heterocycles. The number of anilines is 1. The molecule has 134 valence electrons. The van der Waals surface area contributed by atoms with Gasteiger partial charge in [-0.3, -0.25) is 14.5 Å². The number of piperazine rings is 1. The maximum Gasteiger partial charge on any atom is 0.419 e. The van der Waals surface area contributed by atoms with Gasteiger partial charge in [0, 0.05) is 18.9 Å². The van der Waals surface area contributed by atoms with Crippen molar-refractivity contribution in [2.75, 3.05) is 31.1 Å². The molecule has 7 nitrogen and oxygen atoms in total. The Kier molecular flexibility index (Phi) is 4.60. The molecule has 2 aliphatic rings. The van der Waals surface area contributed by atoms with E-state index in [4.69, 9.17) is 0 Å². The zero-order valence-electron chi connectivity index (χ0n) is 13.3. The number of carbonyl (C=O) groups is 2. The molecule has 0 aromatic carbocycles. The third-order valence-electron chi connectivity index (χ3n) is 4.18. The highest BCUT2D eigenvalue weighted by molar-refractivity contribution is 6.39. The summed E-state index contributed by atoms with van der Waals surface area (Å²) in [4.78, 5) is 29.6. The van der Waals surface area contributed by atoms with Crippen molar-refractivity contribution in [2.24, 2.45) is 5.10 Å². The lowest BCUT2D eigenvalue weighted by atomic mass is 10.1. The second kappa shape index (κ2) is 6.69. The lowest BCUT2D eigenvalue weighted by Crippen LogP contribution is -2.52. The number of halogens is 3. The molecular weight excluding hydrogens is 339 g/mol. The molecule has 0 atom stereocenters. The average Bonchev–Trinajstić information content (AvgIpc) is 2.61. The first-order valence-corrected chi connectivity index (χ1v) is 7.83. The Morgan fingerprint density at radius 1 is 1.16 bits per heavy atom. The van der Waals surface area contributed by atoms with Crippen LogP contribution in [0.4, 0.5) is 19.0 Å². The van der Waals surface area contributed by atoms with Crippen LogP contribution in [0.15, 0.2) is 23.4 Å². The first-order chi connectivity index (χ1) is 11.8. The molecule has 0 saturated carbocycles. The topological polar surface area (TPSA) is 79.2 Å². The fourth-order valence-corrected chi connectivity index (χ4v) is 2.75. The van der Waals surface area contributed by atoms with Gasteiger partial charge in [-0.2, -0.15) is 18.3 Å². The summed E-state index contributed by atoms with van der Waals surface area (Å²) in [5, 5.41) is 3.80. The number of hydrogen-bond acceptors (Lipinski definition) is 4. The Bertz CT molecular complexity index is 694. The predicted octanol–water partition coefficient (Wildman–Crippen LogP) is 0.434. The number of nitrogens with zero attached hydrogens (tertiary/aromatic N) is 3. The van der Waals surface area contributed by atoms with Crippen molar-refractivity contribution in [3.63, 3.8) is 0 Å². The zero-order chi connectivity index (χ0) is 18.0. The van der Waals surface area contributed by atoms with Crippen LogP contribution in [-0.2, 0) is 15.8 Å². The largest absolute Gasteiger partial charge is 0.419 e. The number of aromatic amines is 1.